The first-order valence-electron chi connectivity index (χ1n) is 10.4. The van der Waals surface area contributed by atoms with Gasteiger partial charge in [-0.15, -0.1) is 0 Å². The first-order chi connectivity index (χ1) is 14.1. The van der Waals surface area contributed by atoms with Crippen LogP contribution in [-0.2, 0) is 11.8 Å². The first-order valence-corrected chi connectivity index (χ1v) is 11.4. The van der Waals surface area contributed by atoms with Crippen LogP contribution in [0.2, 0.25) is 0 Å². The molecule has 1 nitrogen and oxygen atoms in total. The zero-order valence-electron chi connectivity index (χ0n) is 17.5. The maximum atomic E-state index is 14.5. The molecule has 3 heteroatoms. The summed E-state index contributed by atoms with van der Waals surface area (Å²) in [5, 5.41) is 0.674. The molecule has 3 aromatic rings. The highest BCUT2D eigenvalue weighted by atomic mass is 31.1. The van der Waals surface area contributed by atoms with Crippen molar-refractivity contribution in [3.63, 3.8) is 0 Å². The summed E-state index contributed by atoms with van der Waals surface area (Å²) in [5.74, 6) is 0.803. The maximum absolute atomic E-state index is 14.5. The van der Waals surface area contributed by atoms with Crippen molar-refractivity contribution in [2.45, 2.75) is 51.8 Å². The number of hydrogen-bond acceptors (Lipinski definition) is 1. The Bertz CT molecular complexity index is 925. The lowest BCUT2D eigenvalue weighted by Gasteiger charge is -2.35. The van der Waals surface area contributed by atoms with Gasteiger partial charge in [0.1, 0.15) is 18.2 Å². The molecule has 0 aliphatic rings. The zero-order valence-corrected chi connectivity index (χ0v) is 18.5. The van der Waals surface area contributed by atoms with Gasteiger partial charge in [-0.25, -0.2) is 4.39 Å². The average Bonchev–Trinajstić information content (AvgIpc) is 2.75. The van der Waals surface area contributed by atoms with Gasteiger partial charge in [0, 0.05) is 16.0 Å². The molecule has 0 saturated carbocycles. The molecule has 0 aromatic heterocycles. The fourth-order valence-electron chi connectivity index (χ4n) is 3.85. The molecule has 0 radical (unpaired) electrons. The molecule has 0 amide bonds. The molecule has 0 bridgehead atoms. The summed E-state index contributed by atoms with van der Waals surface area (Å²) < 4.78 is 20.8. The van der Waals surface area contributed by atoms with Gasteiger partial charge in [-0.05, 0) is 37.5 Å². The molecule has 0 spiro atoms. The Morgan fingerprint density at radius 1 is 0.931 bits per heavy atom. The lowest BCUT2D eigenvalue weighted by Crippen LogP contribution is -2.24. The van der Waals surface area contributed by atoms with E-state index >= 15 is 0 Å². The van der Waals surface area contributed by atoms with E-state index in [0.717, 1.165) is 35.9 Å². The van der Waals surface area contributed by atoms with Gasteiger partial charge in [-0.1, -0.05) is 95.1 Å². The van der Waals surface area contributed by atoms with Crippen molar-refractivity contribution < 1.29 is 9.13 Å². The van der Waals surface area contributed by atoms with Crippen molar-refractivity contribution in [2.75, 3.05) is 0 Å². The van der Waals surface area contributed by atoms with E-state index < -0.39 is 0 Å². The molecule has 0 aliphatic carbocycles. The Morgan fingerprint density at radius 3 is 2.34 bits per heavy atom. The van der Waals surface area contributed by atoms with Crippen LogP contribution in [0.25, 0.3) is 0 Å². The summed E-state index contributed by atoms with van der Waals surface area (Å²) >= 11 is 0. The monoisotopic (exact) mass is 408 g/mol. The summed E-state index contributed by atoms with van der Waals surface area (Å²) in [5.41, 5.74) is 3.56. The number of aryl methyl sites for hydroxylation is 1. The summed E-state index contributed by atoms with van der Waals surface area (Å²) in [4.78, 5) is 0. The van der Waals surface area contributed by atoms with Crippen LogP contribution in [0.3, 0.4) is 0 Å². The molecule has 0 fully saturated rings. The largest absolute Gasteiger partial charge is 0.489 e. The highest BCUT2D eigenvalue weighted by Gasteiger charge is 2.33. The molecule has 29 heavy (non-hydrogen) atoms. The molecule has 0 N–H and O–H groups in total. The minimum atomic E-state index is -0.130. The molecule has 3 rings (SSSR count). The van der Waals surface area contributed by atoms with Crippen LogP contribution in [0.1, 0.15) is 49.8 Å². The summed E-state index contributed by atoms with van der Waals surface area (Å²) in [6, 6.07) is 23.8. The van der Waals surface area contributed by atoms with Gasteiger partial charge in [-0.3, -0.25) is 0 Å². The third-order valence-corrected chi connectivity index (χ3v) is 7.44. The lowest BCUT2D eigenvalue weighted by molar-refractivity contribution is 0.298. The van der Waals surface area contributed by atoms with Gasteiger partial charge in [-0.2, -0.15) is 0 Å². The smallest absolute Gasteiger partial charge is 0.130 e. The lowest BCUT2D eigenvalue weighted by atomic mass is 9.89. The molecule has 3 aromatic carbocycles. The van der Waals surface area contributed by atoms with Crippen LogP contribution < -0.4 is 10.0 Å². The number of benzene rings is 3. The van der Waals surface area contributed by atoms with Crippen molar-refractivity contribution >= 4 is 13.9 Å². The Morgan fingerprint density at radius 2 is 1.66 bits per heavy atom. The van der Waals surface area contributed by atoms with Crippen molar-refractivity contribution in [3.05, 3.63) is 95.3 Å². The summed E-state index contributed by atoms with van der Waals surface area (Å²) in [7, 11) is 0.358. The van der Waals surface area contributed by atoms with Crippen LogP contribution in [0, 0.1) is 12.7 Å². The second kappa shape index (κ2) is 10.0. The SMILES string of the molecule is CCCC(CC)(Pc1ccccc1F)c1cc(C)ccc1OCc1ccccc1. The highest BCUT2D eigenvalue weighted by molar-refractivity contribution is 7.48. The fraction of sp³-hybridized carbons (Fsp3) is 0.308. The average molecular weight is 408 g/mol. The standard InChI is InChI=1S/C26H30FOP/c1-4-17-26(5-2,29-25-14-10-9-13-23(25)27)22-18-20(3)15-16-24(22)28-19-21-11-7-6-8-12-21/h6-16,18,29H,4-5,17,19H2,1-3H3. The van der Waals surface area contributed by atoms with Crippen LogP contribution >= 0.6 is 8.58 Å². The third-order valence-electron chi connectivity index (χ3n) is 5.42. The van der Waals surface area contributed by atoms with Gasteiger partial charge in [0.15, 0.2) is 0 Å². The Hall–Kier alpha value is -2.18. The number of ether oxygens (including phenoxy) is 1. The normalized spacial score (nSPS) is 13.5. The Kier molecular flexibility index (Phi) is 7.45. The molecule has 2 unspecified atom stereocenters. The van der Waals surface area contributed by atoms with Gasteiger partial charge in [0.2, 0.25) is 0 Å². The minimum absolute atomic E-state index is 0.112. The van der Waals surface area contributed by atoms with Gasteiger partial charge < -0.3 is 4.74 Å². The van der Waals surface area contributed by atoms with E-state index in [1.807, 2.05) is 30.3 Å². The van der Waals surface area contributed by atoms with Crippen molar-refractivity contribution in [1.82, 2.24) is 0 Å². The van der Waals surface area contributed by atoms with Crippen LogP contribution in [-0.4, -0.2) is 0 Å². The highest BCUT2D eigenvalue weighted by Crippen LogP contribution is 2.51. The van der Waals surface area contributed by atoms with E-state index in [2.05, 4.69) is 51.1 Å². The minimum Gasteiger partial charge on any atom is -0.489 e. The molecule has 2 atom stereocenters. The van der Waals surface area contributed by atoms with Crippen LogP contribution in [0.4, 0.5) is 4.39 Å². The Labute approximate surface area is 176 Å². The first kappa shape index (κ1) is 21.5. The topological polar surface area (TPSA) is 9.23 Å². The predicted octanol–water partition coefficient (Wildman–Crippen LogP) is 7.12. The van der Waals surface area contributed by atoms with Gasteiger partial charge in [0.25, 0.3) is 0 Å². The zero-order chi connectivity index (χ0) is 20.7. The quantitative estimate of drug-likeness (QED) is 0.342. The third kappa shape index (κ3) is 5.25. The Balaban J connectivity index is 2.00. The second-order valence-corrected chi connectivity index (χ2v) is 9.31. The van der Waals surface area contributed by atoms with E-state index in [1.54, 1.807) is 12.1 Å². The molecular formula is C26H30FOP. The van der Waals surface area contributed by atoms with Crippen molar-refractivity contribution in [2.24, 2.45) is 0 Å². The van der Waals surface area contributed by atoms with Crippen LogP contribution in [0.5, 0.6) is 5.75 Å². The maximum Gasteiger partial charge on any atom is 0.130 e. The summed E-state index contributed by atoms with van der Waals surface area (Å²) in [6.07, 6.45) is 2.99. The van der Waals surface area contributed by atoms with Gasteiger partial charge in [0.05, 0.1) is 0 Å². The molecule has 0 aliphatic heterocycles. The number of rotatable bonds is 9. The second-order valence-electron chi connectivity index (χ2n) is 7.56. The van der Waals surface area contributed by atoms with Crippen LogP contribution in [0.15, 0.2) is 72.8 Å². The molecule has 152 valence electrons. The van der Waals surface area contributed by atoms with Crippen molar-refractivity contribution in [1.29, 1.82) is 0 Å². The van der Waals surface area contributed by atoms with E-state index in [-0.39, 0.29) is 11.0 Å². The number of halogens is 1. The summed E-state index contributed by atoms with van der Waals surface area (Å²) in [6.45, 7) is 7.07. The molecule has 0 saturated heterocycles. The van der Waals surface area contributed by atoms with Gasteiger partial charge >= 0.3 is 0 Å². The van der Waals surface area contributed by atoms with E-state index in [9.17, 15) is 4.39 Å². The van der Waals surface area contributed by atoms with Crippen molar-refractivity contribution in [3.8, 4) is 5.75 Å². The molecular weight excluding hydrogens is 378 g/mol. The van der Waals surface area contributed by atoms with E-state index in [4.69, 9.17) is 4.74 Å². The fourth-order valence-corrected chi connectivity index (χ4v) is 5.63. The molecule has 0 heterocycles. The van der Waals surface area contributed by atoms with E-state index in [1.165, 1.54) is 11.1 Å². The van der Waals surface area contributed by atoms with E-state index in [0.29, 0.717) is 15.2 Å². The number of hydrogen-bond donors (Lipinski definition) is 0. The predicted molar refractivity (Wildman–Crippen MR) is 123 cm³/mol.